The van der Waals surface area contributed by atoms with Crippen molar-refractivity contribution in [2.24, 2.45) is 5.92 Å². The van der Waals surface area contributed by atoms with Gasteiger partial charge in [0.25, 0.3) is 0 Å². The maximum absolute atomic E-state index is 15.3. The van der Waals surface area contributed by atoms with Gasteiger partial charge in [0.05, 0.1) is 23.2 Å². The van der Waals surface area contributed by atoms with Gasteiger partial charge in [0.2, 0.25) is 5.91 Å². The molecule has 0 aliphatic carbocycles. The van der Waals surface area contributed by atoms with Gasteiger partial charge in [-0.05, 0) is 55.2 Å². The number of nitrogens with zero attached hydrogens (tertiary/aromatic N) is 4. The molecule has 58 heavy (non-hydrogen) atoms. The number of carboxylic acid groups (broad SMARTS) is 1. The van der Waals surface area contributed by atoms with E-state index >= 15 is 4.39 Å². The van der Waals surface area contributed by atoms with E-state index in [1.807, 2.05) is 44.2 Å². The number of piperazine rings is 1. The molecular formula is C42H45FN6O8S. The smallest absolute Gasteiger partial charge is 0.410 e. The summed E-state index contributed by atoms with van der Waals surface area (Å²) in [6.07, 6.45) is 0.572. The number of aromatic nitrogens is 2. The average Bonchev–Trinajstić information content (AvgIpc) is 3.71. The second-order valence-electron chi connectivity index (χ2n) is 14.2. The van der Waals surface area contributed by atoms with Gasteiger partial charge in [0.15, 0.2) is 5.43 Å². The molecule has 2 atom stereocenters. The van der Waals surface area contributed by atoms with Crippen molar-refractivity contribution in [2.45, 2.75) is 59.4 Å². The Morgan fingerprint density at radius 2 is 1.59 bits per heavy atom. The number of carbonyl (C=O) groups is 4. The minimum atomic E-state index is -1.25. The lowest BCUT2D eigenvalue weighted by Gasteiger charge is -2.35. The van der Waals surface area contributed by atoms with Crippen LogP contribution in [0.4, 0.5) is 25.4 Å². The molecular weight excluding hydrogens is 768 g/mol. The van der Waals surface area contributed by atoms with Crippen LogP contribution in [0.3, 0.4) is 0 Å². The molecule has 0 unspecified atom stereocenters. The van der Waals surface area contributed by atoms with E-state index in [4.69, 9.17) is 9.47 Å². The van der Waals surface area contributed by atoms with Crippen molar-refractivity contribution in [3.63, 3.8) is 0 Å². The normalized spacial score (nSPS) is 13.9. The zero-order valence-electron chi connectivity index (χ0n) is 32.6. The van der Waals surface area contributed by atoms with Gasteiger partial charge in [-0.2, -0.15) is 0 Å². The number of aryl methyl sites for hydroxylation is 1. The van der Waals surface area contributed by atoms with Gasteiger partial charge in [0.1, 0.15) is 29.7 Å². The third kappa shape index (κ3) is 9.62. The summed E-state index contributed by atoms with van der Waals surface area (Å²) < 4.78 is 27.7. The van der Waals surface area contributed by atoms with Crippen molar-refractivity contribution in [3.8, 4) is 0 Å². The van der Waals surface area contributed by atoms with E-state index in [1.54, 1.807) is 49.2 Å². The van der Waals surface area contributed by atoms with Crippen LogP contribution in [0.1, 0.15) is 71.2 Å². The van der Waals surface area contributed by atoms with E-state index in [-0.39, 0.29) is 61.4 Å². The van der Waals surface area contributed by atoms with Crippen LogP contribution in [-0.2, 0) is 34.0 Å². The molecule has 0 spiro atoms. The molecule has 3 amide bonds. The Labute approximate surface area is 338 Å². The fourth-order valence-corrected chi connectivity index (χ4v) is 7.82. The maximum Gasteiger partial charge on any atom is 0.410 e. The molecule has 3 aromatic carbocycles. The molecule has 304 valence electrons. The number of ether oxygens (including phenoxy) is 2. The molecule has 0 radical (unpaired) electrons. The number of amides is 3. The number of benzene rings is 3. The molecule has 3 N–H and O–H groups in total. The quantitative estimate of drug-likeness (QED) is 0.111. The molecule has 1 saturated heterocycles. The first-order valence-corrected chi connectivity index (χ1v) is 19.7. The van der Waals surface area contributed by atoms with Crippen LogP contribution in [-0.4, -0.2) is 69.8 Å². The maximum atomic E-state index is 15.3. The van der Waals surface area contributed by atoms with Gasteiger partial charge in [-0.25, -0.2) is 23.8 Å². The molecule has 1 aliphatic rings. The average molecular weight is 813 g/mol. The minimum Gasteiger partial charge on any atom is -0.477 e. The Balaban J connectivity index is 0.979. The van der Waals surface area contributed by atoms with E-state index in [2.05, 4.69) is 15.6 Å². The number of nitrogens with one attached hydrogen (secondary N) is 2. The molecule has 1 fully saturated rings. The van der Waals surface area contributed by atoms with Gasteiger partial charge < -0.3 is 39.6 Å². The molecule has 3 heterocycles. The molecule has 0 bridgehead atoms. The van der Waals surface area contributed by atoms with E-state index in [0.717, 1.165) is 22.6 Å². The molecule has 1 aliphatic heterocycles. The first-order chi connectivity index (χ1) is 27.8. The molecule has 6 rings (SSSR count). The largest absolute Gasteiger partial charge is 0.477 e. The number of rotatable bonds is 13. The fourth-order valence-electron chi connectivity index (χ4n) is 6.62. The highest BCUT2D eigenvalue weighted by molar-refractivity contribution is 7.11. The second kappa shape index (κ2) is 18.3. The molecule has 14 nitrogen and oxygen atoms in total. The van der Waals surface area contributed by atoms with Crippen molar-refractivity contribution in [1.29, 1.82) is 0 Å². The second-order valence-corrected chi connectivity index (χ2v) is 15.3. The number of hydrogen-bond acceptors (Lipinski definition) is 10. The lowest BCUT2D eigenvalue weighted by atomic mass is 10.1. The number of carboxylic acids is 1. The zero-order chi connectivity index (χ0) is 41.5. The highest BCUT2D eigenvalue weighted by Crippen LogP contribution is 2.31. The van der Waals surface area contributed by atoms with Crippen molar-refractivity contribution in [3.05, 3.63) is 122 Å². The Kier molecular flexibility index (Phi) is 13.1. The van der Waals surface area contributed by atoms with Crippen molar-refractivity contribution in [2.75, 3.05) is 36.4 Å². The molecule has 5 aromatic rings. The van der Waals surface area contributed by atoms with Crippen molar-refractivity contribution < 1.29 is 38.1 Å². The van der Waals surface area contributed by atoms with Crippen LogP contribution in [0.25, 0.3) is 10.9 Å². The predicted molar refractivity (Wildman–Crippen MR) is 218 cm³/mol. The lowest BCUT2D eigenvalue weighted by molar-refractivity contribution is -0.117. The van der Waals surface area contributed by atoms with Gasteiger partial charge in [-0.15, -0.1) is 11.3 Å². The molecule has 16 heteroatoms. The topological polar surface area (TPSA) is 172 Å². The standard InChI is InChI=1S/C42H45FN6O8S/c1-5-49-32-20-33(31(43)19-30(32)35(50)21-34(49)40(52)53)47-15-17-48(18-16-47)42(55)57-24-28-11-13-29(14-12-28)45-38(51)26(4)36-22-44-39(58-36)37(25(2)3)46-41(54)56-23-27-9-7-6-8-10-27/h6-14,19-22,25-26,37H,5,15-18,23-24H2,1-4H3,(H,45,51)(H,46,54)(H,52,53)/t26-,37-/m0/s1. The van der Waals surface area contributed by atoms with E-state index in [1.165, 1.54) is 26.9 Å². The van der Waals surface area contributed by atoms with E-state index < -0.39 is 41.4 Å². The number of carbonyl (C=O) groups excluding carboxylic acids is 3. The highest BCUT2D eigenvalue weighted by Gasteiger charge is 2.27. The number of thiazole rings is 1. The summed E-state index contributed by atoms with van der Waals surface area (Å²) in [5, 5.41) is 16.2. The van der Waals surface area contributed by atoms with Gasteiger partial charge in [-0.3, -0.25) is 9.59 Å². The number of hydrogen-bond donors (Lipinski definition) is 3. The number of halogens is 1. The van der Waals surface area contributed by atoms with Gasteiger partial charge in [-0.1, -0.05) is 56.3 Å². The van der Waals surface area contributed by atoms with E-state index in [0.29, 0.717) is 34.9 Å². The number of pyridine rings is 1. The number of alkyl carbamates (subject to hydrolysis) is 1. The summed E-state index contributed by atoms with van der Waals surface area (Å²) in [5.74, 6) is -2.60. The van der Waals surface area contributed by atoms with Crippen molar-refractivity contribution >= 4 is 57.7 Å². The summed E-state index contributed by atoms with van der Waals surface area (Å²) in [7, 11) is 0. The predicted octanol–water partition coefficient (Wildman–Crippen LogP) is 7.14. The lowest BCUT2D eigenvalue weighted by Crippen LogP contribution is -2.49. The first-order valence-electron chi connectivity index (χ1n) is 18.9. The summed E-state index contributed by atoms with van der Waals surface area (Å²) in [6, 6.07) is 19.6. The van der Waals surface area contributed by atoms with Crippen LogP contribution in [0.2, 0.25) is 0 Å². The number of fused-ring (bicyclic) bond motifs is 1. The minimum absolute atomic E-state index is 0.00205. The Hall–Kier alpha value is -6.29. The van der Waals surface area contributed by atoms with Crippen LogP contribution in [0.15, 0.2) is 83.8 Å². The third-order valence-electron chi connectivity index (χ3n) is 9.96. The Bertz CT molecular complexity index is 2340. The molecule has 2 aromatic heterocycles. The van der Waals surface area contributed by atoms with Gasteiger partial charge in [0, 0.05) is 60.9 Å². The molecule has 0 saturated carbocycles. The zero-order valence-corrected chi connectivity index (χ0v) is 33.4. The van der Waals surface area contributed by atoms with Crippen LogP contribution < -0.4 is 21.0 Å². The van der Waals surface area contributed by atoms with E-state index in [9.17, 15) is 29.1 Å². The van der Waals surface area contributed by atoms with Crippen LogP contribution in [0.5, 0.6) is 0 Å². The number of aromatic carboxylic acids is 1. The Morgan fingerprint density at radius 3 is 2.24 bits per heavy atom. The van der Waals surface area contributed by atoms with Crippen LogP contribution >= 0.6 is 11.3 Å². The third-order valence-corrected chi connectivity index (χ3v) is 11.2. The SMILES string of the molecule is CCn1c(C(=O)O)cc(=O)c2cc(F)c(N3CCN(C(=O)OCc4ccc(NC(=O)[C@@H](C)c5cnc([C@@H](NC(=O)OCc6ccccc6)C(C)C)s5)cc4)CC3)cc21. The summed E-state index contributed by atoms with van der Waals surface area (Å²) >= 11 is 1.36. The Morgan fingerprint density at radius 1 is 0.914 bits per heavy atom. The van der Waals surface area contributed by atoms with Crippen molar-refractivity contribution in [1.82, 2.24) is 19.8 Å². The highest BCUT2D eigenvalue weighted by atomic mass is 32.1. The monoisotopic (exact) mass is 812 g/mol. The first kappa shape index (κ1) is 41.3. The summed E-state index contributed by atoms with van der Waals surface area (Å²) in [6.45, 7) is 8.98. The summed E-state index contributed by atoms with van der Waals surface area (Å²) in [4.78, 5) is 71.6. The fraction of sp³-hybridized carbons (Fsp3) is 0.333. The summed E-state index contributed by atoms with van der Waals surface area (Å²) in [5.41, 5.74) is 1.94. The van der Waals surface area contributed by atoms with Crippen LogP contribution in [0, 0.1) is 11.7 Å². The number of anilines is 2. The van der Waals surface area contributed by atoms with Gasteiger partial charge >= 0.3 is 18.2 Å².